The van der Waals surface area contributed by atoms with Crippen molar-refractivity contribution in [3.63, 3.8) is 0 Å². The molecule has 0 unspecified atom stereocenters. The van der Waals surface area contributed by atoms with Crippen LogP contribution in [0.3, 0.4) is 0 Å². The Morgan fingerprint density at radius 1 is 1.15 bits per heavy atom. The minimum atomic E-state index is -4.28. The van der Waals surface area contributed by atoms with Crippen LogP contribution in [0.2, 0.25) is 5.02 Å². The van der Waals surface area contributed by atoms with Crippen molar-refractivity contribution in [1.29, 1.82) is 0 Å². The fourth-order valence-electron chi connectivity index (χ4n) is 2.77. The number of nitro groups is 1. The Kier molecular flexibility index (Phi) is 7.36. The zero-order valence-electron chi connectivity index (χ0n) is 17.2. The molecule has 0 aliphatic rings. The molecule has 0 heterocycles. The Hall–Kier alpha value is -3.83. The molecule has 0 aliphatic heterocycles. The van der Waals surface area contributed by atoms with Gasteiger partial charge in [0.25, 0.3) is 15.7 Å². The van der Waals surface area contributed by atoms with E-state index in [4.69, 9.17) is 16.3 Å². The molecular formula is C21H19ClN4O6S. The molecule has 10 nitrogen and oxygen atoms in total. The number of nitrogens with one attached hydrogen (secondary N) is 2. The minimum absolute atomic E-state index is 0.0307. The summed E-state index contributed by atoms with van der Waals surface area (Å²) in [6.45, 7) is 2.13. The summed E-state index contributed by atoms with van der Waals surface area (Å²) in [6.07, 6.45) is 1.26. The van der Waals surface area contributed by atoms with Crippen LogP contribution < -0.4 is 14.9 Å². The van der Waals surface area contributed by atoms with Crippen LogP contribution in [0.4, 0.5) is 17.1 Å². The number of nitrogens with zero attached hydrogens (tertiary/aromatic N) is 2. The summed E-state index contributed by atoms with van der Waals surface area (Å²) in [5.41, 5.74) is 2.52. The van der Waals surface area contributed by atoms with Crippen LogP contribution in [0.15, 0.2) is 70.7 Å². The van der Waals surface area contributed by atoms with Crippen LogP contribution >= 0.6 is 11.6 Å². The monoisotopic (exact) mass is 490 g/mol. The number of hydrazone groups is 1. The Morgan fingerprint density at radius 3 is 2.61 bits per heavy atom. The van der Waals surface area contributed by atoms with Gasteiger partial charge in [-0.2, -0.15) is 5.10 Å². The summed E-state index contributed by atoms with van der Waals surface area (Å²) in [7, 11) is -4.28. The number of ether oxygens (including phenoxy) is 1. The second kappa shape index (κ2) is 10.2. The quantitative estimate of drug-likeness (QED) is 0.226. The van der Waals surface area contributed by atoms with Gasteiger partial charge in [-0.25, -0.2) is 8.42 Å². The Balaban J connectivity index is 1.95. The third-order valence-electron chi connectivity index (χ3n) is 4.30. The Bertz CT molecular complexity index is 1310. The number of non-ortho nitro benzene ring substituents is 1. The molecule has 0 bridgehead atoms. The average Bonchev–Trinajstić information content (AvgIpc) is 2.78. The highest BCUT2D eigenvalue weighted by Crippen LogP contribution is 2.31. The van der Waals surface area contributed by atoms with Crippen molar-refractivity contribution in [3.05, 3.63) is 81.4 Å². The molecule has 0 aliphatic carbocycles. The van der Waals surface area contributed by atoms with Crippen molar-refractivity contribution in [1.82, 2.24) is 0 Å². The SMILES string of the molecule is CCOc1cccc(/C=N\Nc2ccc([N+](=O)[O-])cc2S(=O)(=O)Nc2ccccc2Cl)c1O. The molecule has 0 saturated heterocycles. The van der Waals surface area contributed by atoms with Crippen LogP contribution in [0.5, 0.6) is 11.5 Å². The number of aromatic hydroxyl groups is 1. The molecule has 3 aromatic carbocycles. The first-order chi connectivity index (χ1) is 15.7. The number of nitro benzene ring substituents is 1. The molecule has 33 heavy (non-hydrogen) atoms. The van der Waals surface area contributed by atoms with E-state index in [0.29, 0.717) is 12.2 Å². The first-order valence-electron chi connectivity index (χ1n) is 9.52. The van der Waals surface area contributed by atoms with E-state index in [-0.39, 0.29) is 27.9 Å². The highest BCUT2D eigenvalue weighted by molar-refractivity contribution is 7.93. The molecule has 0 spiro atoms. The van der Waals surface area contributed by atoms with Gasteiger partial charge in [0.2, 0.25) is 0 Å². The van der Waals surface area contributed by atoms with E-state index in [1.54, 1.807) is 37.3 Å². The molecule has 0 saturated carbocycles. The van der Waals surface area contributed by atoms with E-state index in [1.165, 1.54) is 24.4 Å². The first-order valence-corrected chi connectivity index (χ1v) is 11.4. The first kappa shape index (κ1) is 23.8. The average molecular weight is 491 g/mol. The van der Waals surface area contributed by atoms with Gasteiger partial charge in [0.05, 0.1) is 34.1 Å². The van der Waals surface area contributed by atoms with Crippen LogP contribution in [0.25, 0.3) is 0 Å². The Labute approximate surface area is 194 Å². The van der Waals surface area contributed by atoms with Crippen LogP contribution in [-0.4, -0.2) is 31.3 Å². The van der Waals surface area contributed by atoms with Gasteiger partial charge >= 0.3 is 0 Å². The van der Waals surface area contributed by atoms with Crippen LogP contribution in [0, 0.1) is 10.1 Å². The smallest absolute Gasteiger partial charge is 0.270 e. The number of halogens is 1. The van der Waals surface area contributed by atoms with Crippen molar-refractivity contribution < 1.29 is 23.2 Å². The molecule has 0 atom stereocenters. The number of para-hydroxylation sites is 2. The summed E-state index contributed by atoms with van der Waals surface area (Å²) in [5.74, 6) is 0.130. The van der Waals surface area contributed by atoms with Gasteiger partial charge in [-0.05, 0) is 37.3 Å². The topological polar surface area (TPSA) is 143 Å². The number of anilines is 2. The Morgan fingerprint density at radius 2 is 1.91 bits per heavy atom. The van der Waals surface area contributed by atoms with Gasteiger partial charge in [0, 0.05) is 17.7 Å². The van der Waals surface area contributed by atoms with E-state index in [0.717, 1.165) is 12.1 Å². The molecular weight excluding hydrogens is 472 g/mol. The molecule has 0 fully saturated rings. The van der Waals surface area contributed by atoms with Gasteiger partial charge in [0.15, 0.2) is 11.5 Å². The summed E-state index contributed by atoms with van der Waals surface area (Å²) in [5, 5.41) is 25.6. The number of sulfonamides is 1. The minimum Gasteiger partial charge on any atom is -0.504 e. The lowest BCUT2D eigenvalue weighted by atomic mass is 10.2. The van der Waals surface area contributed by atoms with Gasteiger partial charge < -0.3 is 9.84 Å². The van der Waals surface area contributed by atoms with Gasteiger partial charge in [-0.15, -0.1) is 0 Å². The summed E-state index contributed by atoms with van der Waals surface area (Å²) >= 11 is 6.03. The number of phenolic OH excluding ortho intramolecular Hbond substituents is 1. The second-order valence-electron chi connectivity index (χ2n) is 6.52. The van der Waals surface area contributed by atoms with Crippen molar-refractivity contribution >= 4 is 44.9 Å². The number of hydrogen-bond acceptors (Lipinski definition) is 8. The highest BCUT2D eigenvalue weighted by Gasteiger charge is 2.23. The van der Waals surface area contributed by atoms with Crippen LogP contribution in [0.1, 0.15) is 12.5 Å². The van der Waals surface area contributed by atoms with Crippen molar-refractivity contribution in [2.45, 2.75) is 11.8 Å². The molecule has 3 N–H and O–H groups in total. The third-order valence-corrected chi connectivity index (χ3v) is 6.04. The number of hydrogen-bond donors (Lipinski definition) is 3. The summed E-state index contributed by atoms with van der Waals surface area (Å²) in [6, 6.07) is 14.3. The summed E-state index contributed by atoms with van der Waals surface area (Å²) < 4.78 is 33.7. The molecule has 3 aromatic rings. The molecule has 0 radical (unpaired) electrons. The largest absolute Gasteiger partial charge is 0.504 e. The molecule has 3 rings (SSSR count). The lowest BCUT2D eigenvalue weighted by molar-refractivity contribution is -0.385. The normalized spacial score (nSPS) is 11.3. The molecule has 0 amide bonds. The fraction of sp³-hybridized carbons (Fsp3) is 0.0952. The predicted molar refractivity (Wildman–Crippen MR) is 126 cm³/mol. The maximum Gasteiger partial charge on any atom is 0.270 e. The second-order valence-corrected chi connectivity index (χ2v) is 8.58. The van der Waals surface area contributed by atoms with Crippen molar-refractivity contribution in [3.8, 4) is 11.5 Å². The maximum atomic E-state index is 13.0. The highest BCUT2D eigenvalue weighted by atomic mass is 35.5. The standard InChI is InChI=1S/C21H19ClN4O6S/c1-2-32-19-9-5-6-14(21(19)27)13-23-24-18-11-10-15(26(28)29)12-20(18)33(30,31)25-17-8-4-3-7-16(17)22/h3-13,24-25,27H,2H2,1H3/b23-13-. The van der Waals surface area contributed by atoms with Crippen LogP contribution in [-0.2, 0) is 10.0 Å². The van der Waals surface area contributed by atoms with Crippen molar-refractivity contribution in [2.75, 3.05) is 16.8 Å². The number of phenols is 1. The van der Waals surface area contributed by atoms with Crippen molar-refractivity contribution in [2.24, 2.45) is 5.10 Å². The maximum absolute atomic E-state index is 13.0. The van der Waals surface area contributed by atoms with E-state index in [2.05, 4.69) is 15.2 Å². The zero-order valence-corrected chi connectivity index (χ0v) is 18.8. The fourth-order valence-corrected chi connectivity index (χ4v) is 4.27. The van der Waals surface area contributed by atoms with Gasteiger partial charge in [-0.3, -0.25) is 20.3 Å². The van der Waals surface area contributed by atoms with E-state index < -0.39 is 25.5 Å². The lowest BCUT2D eigenvalue weighted by Gasteiger charge is -2.13. The number of benzene rings is 3. The lowest BCUT2D eigenvalue weighted by Crippen LogP contribution is -2.15. The molecule has 12 heteroatoms. The molecule has 172 valence electrons. The predicted octanol–water partition coefficient (Wildman–Crippen LogP) is 4.60. The summed E-state index contributed by atoms with van der Waals surface area (Å²) in [4.78, 5) is 10.1. The third kappa shape index (κ3) is 5.70. The van der Waals surface area contributed by atoms with E-state index >= 15 is 0 Å². The van der Waals surface area contributed by atoms with E-state index in [9.17, 15) is 23.6 Å². The van der Waals surface area contributed by atoms with Gasteiger partial charge in [-0.1, -0.05) is 29.8 Å². The van der Waals surface area contributed by atoms with Gasteiger partial charge in [0.1, 0.15) is 4.90 Å². The van der Waals surface area contributed by atoms with E-state index in [1.807, 2.05) is 0 Å². The number of rotatable bonds is 9. The zero-order chi connectivity index (χ0) is 24.0. The molecule has 0 aromatic heterocycles.